The van der Waals surface area contributed by atoms with Crippen molar-refractivity contribution >= 4 is 15.9 Å². The van der Waals surface area contributed by atoms with E-state index in [-0.39, 0.29) is 17.8 Å². The monoisotopic (exact) mass is 260 g/mol. The molecule has 1 saturated heterocycles. The molecule has 0 saturated carbocycles. The first-order valence-electron chi connectivity index (χ1n) is 5.03. The summed E-state index contributed by atoms with van der Waals surface area (Å²) in [5.74, 6) is 0.468. The molecule has 2 rings (SSSR count). The predicted molar refractivity (Wildman–Crippen MR) is 59.2 cm³/mol. The highest BCUT2D eigenvalue weighted by molar-refractivity contribution is 9.11. The Kier molecular flexibility index (Phi) is 2.53. The molecule has 0 aromatic heterocycles. The van der Waals surface area contributed by atoms with Gasteiger partial charge in [0.05, 0.1) is 6.10 Å². The van der Waals surface area contributed by atoms with Crippen LogP contribution in [-0.2, 0) is 9.47 Å². The number of allylic oxidation sites excluding steroid dienone is 1. The van der Waals surface area contributed by atoms with Crippen molar-refractivity contribution in [3.05, 3.63) is 10.1 Å². The maximum absolute atomic E-state index is 5.84. The second-order valence-electron chi connectivity index (χ2n) is 4.79. The summed E-state index contributed by atoms with van der Waals surface area (Å²) in [6.45, 7) is 6.65. The van der Waals surface area contributed by atoms with Gasteiger partial charge in [0, 0.05) is 22.9 Å². The predicted octanol–water partition coefficient (Wildman–Crippen LogP) is 3.07. The summed E-state index contributed by atoms with van der Waals surface area (Å²) < 4.78 is 12.5. The van der Waals surface area contributed by atoms with Gasteiger partial charge < -0.3 is 9.47 Å². The first-order valence-corrected chi connectivity index (χ1v) is 5.82. The van der Waals surface area contributed by atoms with Crippen LogP contribution in [0.25, 0.3) is 0 Å². The summed E-state index contributed by atoms with van der Waals surface area (Å²) in [6, 6.07) is 0. The number of rotatable bonds is 1. The Balaban J connectivity index is 2.39. The molecule has 0 N–H and O–H groups in total. The molecule has 0 aromatic carbocycles. The Labute approximate surface area is 93.8 Å². The molecule has 1 fully saturated rings. The Hall–Kier alpha value is 0.140. The van der Waals surface area contributed by atoms with Gasteiger partial charge in [-0.15, -0.1) is 0 Å². The van der Waals surface area contributed by atoms with Crippen molar-refractivity contribution < 1.29 is 9.47 Å². The summed E-state index contributed by atoms with van der Waals surface area (Å²) >= 11 is 3.70. The van der Waals surface area contributed by atoms with E-state index >= 15 is 0 Å². The lowest BCUT2D eigenvalue weighted by molar-refractivity contribution is -0.132. The second-order valence-corrected chi connectivity index (χ2v) is 5.58. The van der Waals surface area contributed by atoms with E-state index in [4.69, 9.17) is 9.47 Å². The van der Waals surface area contributed by atoms with Crippen LogP contribution in [0.3, 0.4) is 0 Å². The van der Waals surface area contributed by atoms with Crippen molar-refractivity contribution in [2.45, 2.75) is 39.6 Å². The Morgan fingerprint density at radius 3 is 2.71 bits per heavy atom. The van der Waals surface area contributed by atoms with E-state index in [1.54, 1.807) is 7.11 Å². The molecule has 0 aromatic rings. The molecule has 2 bridgehead atoms. The number of fused-ring (bicyclic) bond motifs is 2. The number of methoxy groups -OCH3 is 1. The van der Waals surface area contributed by atoms with Crippen LogP contribution in [-0.4, -0.2) is 19.5 Å². The van der Waals surface area contributed by atoms with Crippen molar-refractivity contribution in [1.82, 2.24) is 0 Å². The molecule has 1 heterocycles. The summed E-state index contributed by atoms with van der Waals surface area (Å²) in [4.78, 5) is 0. The third-order valence-electron chi connectivity index (χ3n) is 3.65. The highest BCUT2D eigenvalue weighted by Gasteiger charge is 2.50. The SMILES string of the molecule is CO[C@H]1O[C@H]2C[C@@H]1C(C)(C)C(Br)=C2C. The molecular formula is C11H17BrO2. The van der Waals surface area contributed by atoms with Gasteiger partial charge in [-0.1, -0.05) is 29.8 Å². The van der Waals surface area contributed by atoms with Gasteiger partial charge >= 0.3 is 0 Å². The summed E-state index contributed by atoms with van der Waals surface area (Å²) in [5, 5.41) is 0. The van der Waals surface area contributed by atoms with Crippen LogP contribution in [0, 0.1) is 11.3 Å². The van der Waals surface area contributed by atoms with Crippen LogP contribution >= 0.6 is 15.9 Å². The molecule has 3 heteroatoms. The average Bonchev–Trinajstić information content (AvgIpc) is 2.55. The van der Waals surface area contributed by atoms with Crippen molar-refractivity contribution in [3.8, 4) is 0 Å². The third-order valence-corrected chi connectivity index (χ3v) is 5.30. The van der Waals surface area contributed by atoms with Crippen molar-refractivity contribution in [1.29, 1.82) is 0 Å². The van der Waals surface area contributed by atoms with Crippen LogP contribution < -0.4 is 0 Å². The lowest BCUT2D eigenvalue weighted by Crippen LogP contribution is -2.33. The fourth-order valence-corrected chi connectivity index (χ4v) is 3.15. The summed E-state index contributed by atoms with van der Waals surface area (Å²) in [7, 11) is 1.73. The minimum absolute atomic E-state index is 0.0417. The molecule has 2 aliphatic rings. The Bertz CT molecular complexity index is 283. The zero-order chi connectivity index (χ0) is 10.5. The maximum atomic E-state index is 5.84. The van der Waals surface area contributed by atoms with Crippen molar-refractivity contribution in [2.75, 3.05) is 7.11 Å². The molecule has 2 nitrogen and oxygen atoms in total. The van der Waals surface area contributed by atoms with Crippen LogP contribution in [0.2, 0.25) is 0 Å². The first kappa shape index (κ1) is 10.7. The number of hydrogen-bond acceptors (Lipinski definition) is 2. The molecule has 1 aliphatic carbocycles. The quantitative estimate of drug-likeness (QED) is 0.722. The van der Waals surface area contributed by atoms with E-state index in [1.165, 1.54) is 10.1 Å². The van der Waals surface area contributed by atoms with Gasteiger partial charge in [-0.05, 0) is 18.9 Å². The molecule has 0 amide bonds. The van der Waals surface area contributed by atoms with Gasteiger partial charge in [-0.25, -0.2) is 0 Å². The zero-order valence-electron chi connectivity index (χ0n) is 9.13. The Morgan fingerprint density at radius 1 is 1.50 bits per heavy atom. The van der Waals surface area contributed by atoms with E-state index in [9.17, 15) is 0 Å². The molecule has 3 atom stereocenters. The molecular weight excluding hydrogens is 244 g/mol. The largest absolute Gasteiger partial charge is 0.356 e. The minimum atomic E-state index is -0.0417. The minimum Gasteiger partial charge on any atom is -0.356 e. The number of halogens is 1. The van der Waals surface area contributed by atoms with Crippen LogP contribution in [0.4, 0.5) is 0 Å². The number of hydrogen-bond donors (Lipinski definition) is 0. The van der Waals surface area contributed by atoms with Gasteiger partial charge in [0.25, 0.3) is 0 Å². The first-order chi connectivity index (χ1) is 6.48. The molecule has 0 unspecified atom stereocenters. The molecule has 0 spiro atoms. The Morgan fingerprint density at radius 2 is 2.14 bits per heavy atom. The normalized spacial score (nSPS) is 40.5. The summed E-state index contributed by atoms with van der Waals surface area (Å²) in [5.41, 5.74) is 1.46. The van der Waals surface area contributed by atoms with E-state index in [0.29, 0.717) is 5.92 Å². The smallest absolute Gasteiger partial charge is 0.161 e. The van der Waals surface area contributed by atoms with Gasteiger partial charge in [-0.2, -0.15) is 0 Å². The van der Waals surface area contributed by atoms with Crippen LogP contribution in [0.1, 0.15) is 27.2 Å². The highest BCUT2D eigenvalue weighted by atomic mass is 79.9. The lowest BCUT2D eigenvalue weighted by atomic mass is 9.71. The van der Waals surface area contributed by atoms with Gasteiger partial charge in [-0.3, -0.25) is 0 Å². The van der Waals surface area contributed by atoms with Gasteiger partial charge in [0.1, 0.15) is 0 Å². The topological polar surface area (TPSA) is 18.5 Å². The standard InChI is InChI=1S/C11H17BrO2/c1-6-8-5-7(10(13-4)14-8)11(2,3)9(6)12/h7-8,10H,5H2,1-4H3/t7-,8-,10-/m0/s1. The molecule has 1 aliphatic heterocycles. The van der Waals surface area contributed by atoms with Crippen LogP contribution in [0.5, 0.6) is 0 Å². The fraction of sp³-hybridized carbons (Fsp3) is 0.818. The van der Waals surface area contributed by atoms with Gasteiger partial charge in [0.2, 0.25) is 0 Å². The lowest BCUT2D eigenvalue weighted by Gasteiger charge is -2.36. The van der Waals surface area contributed by atoms with E-state index in [2.05, 4.69) is 36.7 Å². The van der Waals surface area contributed by atoms with Gasteiger partial charge in [0.15, 0.2) is 6.29 Å². The fourth-order valence-electron chi connectivity index (χ4n) is 2.60. The highest BCUT2D eigenvalue weighted by Crippen LogP contribution is 2.54. The molecule has 14 heavy (non-hydrogen) atoms. The van der Waals surface area contributed by atoms with Crippen molar-refractivity contribution in [2.24, 2.45) is 11.3 Å². The maximum Gasteiger partial charge on any atom is 0.161 e. The zero-order valence-corrected chi connectivity index (χ0v) is 10.7. The van der Waals surface area contributed by atoms with E-state index < -0.39 is 0 Å². The average molecular weight is 261 g/mol. The third kappa shape index (κ3) is 1.29. The van der Waals surface area contributed by atoms with Crippen LogP contribution in [0.15, 0.2) is 10.1 Å². The summed E-state index contributed by atoms with van der Waals surface area (Å²) in [6.07, 6.45) is 1.30. The second kappa shape index (κ2) is 3.32. The van der Waals surface area contributed by atoms with Crippen molar-refractivity contribution in [3.63, 3.8) is 0 Å². The number of ether oxygens (including phenoxy) is 2. The molecule has 0 radical (unpaired) electrons. The van der Waals surface area contributed by atoms with E-state index in [0.717, 1.165) is 6.42 Å². The molecule has 80 valence electrons. The van der Waals surface area contributed by atoms with E-state index in [1.807, 2.05) is 0 Å².